The number of ether oxygens (including phenoxy) is 1. The number of carbonyl (C=O) groups is 2. The van der Waals surface area contributed by atoms with Crippen LogP contribution >= 0.6 is 11.6 Å². The lowest BCUT2D eigenvalue weighted by Crippen LogP contribution is -2.37. The van der Waals surface area contributed by atoms with Crippen molar-refractivity contribution in [2.24, 2.45) is 0 Å². The minimum absolute atomic E-state index is 0.0831. The molecule has 3 aromatic carbocycles. The van der Waals surface area contributed by atoms with Gasteiger partial charge in [-0.3, -0.25) is 14.4 Å². The van der Waals surface area contributed by atoms with E-state index in [1.807, 2.05) is 24.3 Å². The quantitative estimate of drug-likeness (QED) is 0.104. The largest absolute Gasteiger partial charge is 0.506 e. The van der Waals surface area contributed by atoms with Crippen molar-refractivity contribution in [1.29, 1.82) is 0 Å². The van der Waals surface area contributed by atoms with E-state index in [1.54, 1.807) is 24.3 Å². The molecule has 0 radical (unpaired) electrons. The average molecular weight is 662 g/mol. The van der Waals surface area contributed by atoms with Gasteiger partial charge in [0.05, 0.1) is 34.7 Å². The lowest BCUT2D eigenvalue weighted by atomic mass is 9.69. The van der Waals surface area contributed by atoms with E-state index in [4.69, 9.17) is 16.3 Å². The monoisotopic (exact) mass is 661 g/mol. The van der Waals surface area contributed by atoms with Gasteiger partial charge in [-0.15, -0.1) is 0 Å². The van der Waals surface area contributed by atoms with E-state index in [9.17, 15) is 29.7 Å². The number of nitrogens with one attached hydrogen (secondary N) is 3. The molecule has 0 aliphatic heterocycles. The molecule has 0 bridgehead atoms. The maximum atomic E-state index is 13.0. The van der Waals surface area contributed by atoms with Gasteiger partial charge in [0, 0.05) is 36.7 Å². The van der Waals surface area contributed by atoms with Gasteiger partial charge in [-0.2, -0.15) is 0 Å². The van der Waals surface area contributed by atoms with Crippen LogP contribution in [0.1, 0.15) is 77.2 Å². The molecule has 1 aliphatic rings. The number of halogens is 1. The number of amides is 1. The standard InChI is InChI=1S/C36H40ClN3O7/c1-47-31-19-27(34(44)39-16-6-8-22-7-5-9-24(17-22)36(35(45)46)14-3-2-4-15-36)28(37)18-23(31)20-38-21-30(42)25-10-12-29(41)33-26(25)11-13-32(43)40-33/h5,7,9-13,17-19,30,38,41-42H,2-4,6,8,14-16,20-21H2,1H3,(H,39,44)(H,40,43)(H,45,46)/t30-/m0/s1. The summed E-state index contributed by atoms with van der Waals surface area (Å²) in [7, 11) is 1.50. The number of phenolic OH excluding ortho intramolecular Hbond substituents is 1. The number of aryl methyl sites for hydroxylation is 1. The van der Waals surface area contributed by atoms with Crippen molar-refractivity contribution in [2.75, 3.05) is 20.2 Å². The summed E-state index contributed by atoms with van der Waals surface area (Å²) in [6.45, 7) is 0.853. The number of rotatable bonds is 13. The summed E-state index contributed by atoms with van der Waals surface area (Å²) in [5.41, 5.74) is 2.50. The van der Waals surface area contributed by atoms with Crippen molar-refractivity contribution in [2.45, 2.75) is 63.0 Å². The number of aromatic nitrogens is 1. The van der Waals surface area contributed by atoms with Crippen LogP contribution in [0.5, 0.6) is 11.5 Å². The average Bonchev–Trinajstić information content (AvgIpc) is 3.07. The highest BCUT2D eigenvalue weighted by Crippen LogP contribution is 2.40. The number of methoxy groups -OCH3 is 1. The van der Waals surface area contributed by atoms with Gasteiger partial charge in [0.25, 0.3) is 5.91 Å². The molecule has 4 aromatic rings. The Morgan fingerprint density at radius 2 is 1.85 bits per heavy atom. The summed E-state index contributed by atoms with van der Waals surface area (Å²) in [6, 6.07) is 17.0. The van der Waals surface area contributed by atoms with E-state index < -0.39 is 17.5 Å². The molecule has 11 heteroatoms. The molecule has 1 aliphatic carbocycles. The topological polar surface area (TPSA) is 161 Å². The third-order valence-corrected chi connectivity index (χ3v) is 9.37. The lowest BCUT2D eigenvalue weighted by Gasteiger charge is -2.34. The molecule has 0 unspecified atom stereocenters. The number of H-pyrrole nitrogens is 1. The van der Waals surface area contributed by atoms with Gasteiger partial charge in [-0.1, -0.05) is 61.2 Å². The van der Waals surface area contributed by atoms with Crippen LogP contribution < -0.4 is 20.9 Å². The van der Waals surface area contributed by atoms with Crippen molar-refractivity contribution < 1.29 is 29.6 Å². The molecule has 5 rings (SSSR count). The molecular formula is C36H40ClN3O7. The number of aliphatic hydroxyl groups excluding tert-OH is 1. The molecule has 1 atom stereocenters. The van der Waals surface area contributed by atoms with E-state index in [1.165, 1.54) is 19.2 Å². The lowest BCUT2D eigenvalue weighted by molar-refractivity contribution is -0.145. The number of phenols is 1. The number of aromatic amines is 1. The van der Waals surface area contributed by atoms with E-state index in [2.05, 4.69) is 15.6 Å². The Kier molecular flexibility index (Phi) is 10.9. The van der Waals surface area contributed by atoms with Crippen molar-refractivity contribution in [3.8, 4) is 11.5 Å². The van der Waals surface area contributed by atoms with Gasteiger partial charge in [-0.05, 0) is 66.6 Å². The van der Waals surface area contributed by atoms with E-state index in [0.717, 1.165) is 30.4 Å². The van der Waals surface area contributed by atoms with Crippen LogP contribution in [0.15, 0.2) is 65.5 Å². The number of aliphatic carboxylic acids is 1. The van der Waals surface area contributed by atoms with Crippen LogP contribution in [0.4, 0.5) is 0 Å². The highest BCUT2D eigenvalue weighted by atomic mass is 35.5. The number of hydrogen-bond donors (Lipinski definition) is 6. The number of hydrogen-bond acceptors (Lipinski definition) is 7. The van der Waals surface area contributed by atoms with Crippen LogP contribution in [0.3, 0.4) is 0 Å². The van der Waals surface area contributed by atoms with Gasteiger partial charge < -0.3 is 35.7 Å². The summed E-state index contributed by atoms with van der Waals surface area (Å²) in [4.78, 5) is 39.6. The second-order valence-electron chi connectivity index (χ2n) is 12.1. The zero-order valence-corrected chi connectivity index (χ0v) is 27.0. The first-order valence-electron chi connectivity index (χ1n) is 15.8. The number of aliphatic hydroxyl groups is 1. The number of carbonyl (C=O) groups excluding carboxylic acids is 1. The van der Waals surface area contributed by atoms with E-state index in [-0.39, 0.29) is 46.4 Å². The Hall–Kier alpha value is -4.38. The van der Waals surface area contributed by atoms with Crippen LogP contribution in [0, 0.1) is 0 Å². The van der Waals surface area contributed by atoms with Crippen LogP contribution in [-0.2, 0) is 23.2 Å². The maximum absolute atomic E-state index is 13.0. The zero-order valence-electron chi connectivity index (χ0n) is 26.3. The normalized spacial score (nSPS) is 14.9. The Labute approximate surface area is 277 Å². The fourth-order valence-electron chi connectivity index (χ4n) is 6.50. The molecule has 1 saturated carbocycles. The number of benzene rings is 3. The third-order valence-electron chi connectivity index (χ3n) is 9.06. The molecule has 0 saturated heterocycles. The molecule has 47 heavy (non-hydrogen) atoms. The minimum atomic E-state index is -0.941. The number of carboxylic acid groups (broad SMARTS) is 1. The van der Waals surface area contributed by atoms with Gasteiger partial charge in [0.1, 0.15) is 11.5 Å². The number of carboxylic acids is 1. The van der Waals surface area contributed by atoms with Crippen LogP contribution in [-0.4, -0.2) is 52.4 Å². The van der Waals surface area contributed by atoms with Gasteiger partial charge >= 0.3 is 5.97 Å². The molecular weight excluding hydrogens is 622 g/mol. The number of pyridine rings is 1. The zero-order chi connectivity index (χ0) is 33.6. The first kappa shape index (κ1) is 34.0. The SMILES string of the molecule is COc1cc(C(=O)NCCCc2cccc(C3(C(=O)O)CCCCC3)c2)c(Cl)cc1CNC[C@H](O)c1ccc(O)c2[nH]c(=O)ccc12. The van der Waals surface area contributed by atoms with Gasteiger partial charge in [0.15, 0.2) is 0 Å². The fourth-order valence-corrected chi connectivity index (χ4v) is 6.77. The summed E-state index contributed by atoms with van der Waals surface area (Å²) in [6.07, 6.45) is 4.63. The molecule has 1 aromatic heterocycles. The number of fused-ring (bicyclic) bond motifs is 1. The molecule has 1 fully saturated rings. The summed E-state index contributed by atoms with van der Waals surface area (Å²) in [5.74, 6) is -0.710. The smallest absolute Gasteiger partial charge is 0.314 e. The van der Waals surface area contributed by atoms with Crippen molar-refractivity contribution in [1.82, 2.24) is 15.6 Å². The highest BCUT2D eigenvalue weighted by molar-refractivity contribution is 6.34. The predicted molar refractivity (Wildman–Crippen MR) is 180 cm³/mol. The second kappa shape index (κ2) is 15.0. The second-order valence-corrected chi connectivity index (χ2v) is 12.5. The Morgan fingerprint density at radius 3 is 2.60 bits per heavy atom. The van der Waals surface area contributed by atoms with Crippen molar-refractivity contribution >= 4 is 34.4 Å². The van der Waals surface area contributed by atoms with Gasteiger partial charge in [-0.25, -0.2) is 0 Å². The van der Waals surface area contributed by atoms with E-state index in [0.29, 0.717) is 54.5 Å². The first-order chi connectivity index (χ1) is 22.6. The maximum Gasteiger partial charge on any atom is 0.314 e. The Balaban J connectivity index is 1.16. The summed E-state index contributed by atoms with van der Waals surface area (Å²) in [5, 5.41) is 37.9. The number of aromatic hydroxyl groups is 1. The van der Waals surface area contributed by atoms with Crippen LogP contribution in [0.25, 0.3) is 10.9 Å². The Bertz CT molecular complexity index is 1820. The third kappa shape index (κ3) is 7.62. The van der Waals surface area contributed by atoms with Crippen molar-refractivity contribution in [3.05, 3.63) is 104 Å². The van der Waals surface area contributed by atoms with E-state index >= 15 is 0 Å². The molecule has 10 nitrogen and oxygen atoms in total. The molecule has 6 N–H and O–H groups in total. The molecule has 1 amide bonds. The predicted octanol–water partition coefficient (Wildman–Crippen LogP) is 5.37. The Morgan fingerprint density at radius 1 is 1.06 bits per heavy atom. The first-order valence-corrected chi connectivity index (χ1v) is 16.2. The fraction of sp³-hybridized carbons (Fsp3) is 0.361. The van der Waals surface area contributed by atoms with Gasteiger partial charge in [0.2, 0.25) is 5.56 Å². The molecule has 0 spiro atoms. The summed E-state index contributed by atoms with van der Waals surface area (Å²) < 4.78 is 5.54. The van der Waals surface area contributed by atoms with Crippen LogP contribution in [0.2, 0.25) is 5.02 Å². The highest BCUT2D eigenvalue weighted by Gasteiger charge is 2.41. The summed E-state index contributed by atoms with van der Waals surface area (Å²) >= 11 is 6.53. The van der Waals surface area contributed by atoms with Crippen molar-refractivity contribution in [3.63, 3.8) is 0 Å². The molecule has 248 valence electrons. The minimum Gasteiger partial charge on any atom is -0.506 e. The molecule has 1 heterocycles.